The van der Waals surface area contributed by atoms with Gasteiger partial charge in [0.2, 0.25) is 10.0 Å². The molecule has 5 N–H and O–H groups in total. The molecule has 20 heavy (non-hydrogen) atoms. The molecule has 0 aliphatic heterocycles. The number of aryl methyl sites for hydroxylation is 1. The zero-order chi connectivity index (χ0) is 14.9. The molecule has 2 aromatic carbocycles. The number of sulfonamides is 1. The summed E-state index contributed by atoms with van der Waals surface area (Å²) in [5.74, 6) is -0.484. The topological polar surface area (TPSA) is 98.2 Å². The van der Waals surface area contributed by atoms with E-state index in [-0.39, 0.29) is 22.0 Å². The normalized spacial score (nSPS) is 11.3. The Kier molecular flexibility index (Phi) is 3.65. The van der Waals surface area contributed by atoms with Crippen molar-refractivity contribution in [2.45, 2.75) is 11.8 Å². The molecular weight excluding hydrogens is 281 g/mol. The van der Waals surface area contributed by atoms with Gasteiger partial charge < -0.3 is 11.1 Å². The smallest absolute Gasteiger partial charge is 0.240 e. The highest BCUT2D eigenvalue weighted by molar-refractivity contribution is 7.89. The summed E-state index contributed by atoms with van der Waals surface area (Å²) in [4.78, 5) is -0.183. The SMILES string of the molecule is Cc1ccc(Nc2ccc(N)cc2S(N)(=O)=O)c(F)c1. The number of halogens is 1. The van der Waals surface area contributed by atoms with E-state index in [9.17, 15) is 12.8 Å². The summed E-state index contributed by atoms with van der Waals surface area (Å²) in [6, 6.07) is 8.74. The molecule has 0 aromatic heterocycles. The second-order valence-electron chi connectivity index (χ2n) is 4.41. The van der Waals surface area contributed by atoms with E-state index < -0.39 is 15.8 Å². The molecule has 0 radical (unpaired) electrons. The fourth-order valence-electron chi connectivity index (χ4n) is 1.74. The molecule has 0 aliphatic carbocycles. The van der Waals surface area contributed by atoms with Crippen LogP contribution in [0.2, 0.25) is 0 Å². The van der Waals surface area contributed by atoms with Crippen molar-refractivity contribution >= 4 is 27.1 Å². The van der Waals surface area contributed by atoms with Crippen molar-refractivity contribution in [3.63, 3.8) is 0 Å². The van der Waals surface area contributed by atoms with Crippen LogP contribution in [-0.4, -0.2) is 8.42 Å². The number of nitrogens with one attached hydrogen (secondary N) is 1. The third-order valence-corrected chi connectivity index (χ3v) is 3.66. The number of nitrogen functional groups attached to an aromatic ring is 1. The molecule has 5 nitrogen and oxygen atoms in total. The second kappa shape index (κ2) is 5.10. The van der Waals surface area contributed by atoms with Crippen LogP contribution >= 0.6 is 0 Å². The van der Waals surface area contributed by atoms with Crippen LogP contribution in [0.3, 0.4) is 0 Å². The van der Waals surface area contributed by atoms with Gasteiger partial charge in [0.05, 0.1) is 11.4 Å². The summed E-state index contributed by atoms with van der Waals surface area (Å²) < 4.78 is 36.8. The number of rotatable bonds is 3. The van der Waals surface area contributed by atoms with Crippen LogP contribution in [0.5, 0.6) is 0 Å². The third-order valence-electron chi connectivity index (χ3n) is 2.71. The van der Waals surface area contributed by atoms with E-state index in [0.29, 0.717) is 0 Å². The van der Waals surface area contributed by atoms with Gasteiger partial charge in [-0.05, 0) is 42.8 Å². The first kappa shape index (κ1) is 14.3. The number of nitrogens with two attached hydrogens (primary N) is 2. The Labute approximate surface area is 116 Å². The Bertz CT molecular complexity index is 760. The third kappa shape index (κ3) is 3.06. The quantitative estimate of drug-likeness (QED) is 0.755. The Hall–Kier alpha value is -2.12. The van der Waals surface area contributed by atoms with Crippen molar-refractivity contribution in [2.75, 3.05) is 11.1 Å². The van der Waals surface area contributed by atoms with Crippen LogP contribution in [0.4, 0.5) is 21.5 Å². The zero-order valence-electron chi connectivity index (χ0n) is 10.7. The minimum atomic E-state index is -3.96. The van der Waals surface area contributed by atoms with Gasteiger partial charge in [0.1, 0.15) is 10.7 Å². The Morgan fingerprint density at radius 1 is 1.10 bits per heavy atom. The van der Waals surface area contributed by atoms with Gasteiger partial charge in [-0.2, -0.15) is 0 Å². The first-order valence-corrected chi connectivity index (χ1v) is 7.27. The summed E-state index contributed by atoms with van der Waals surface area (Å²) in [5, 5.41) is 7.84. The monoisotopic (exact) mass is 295 g/mol. The van der Waals surface area contributed by atoms with Crippen molar-refractivity contribution in [3.05, 3.63) is 47.8 Å². The minimum absolute atomic E-state index is 0.158. The molecule has 0 bridgehead atoms. The van der Waals surface area contributed by atoms with Crippen molar-refractivity contribution in [3.8, 4) is 0 Å². The van der Waals surface area contributed by atoms with Gasteiger partial charge in [0, 0.05) is 5.69 Å². The van der Waals surface area contributed by atoms with Gasteiger partial charge in [-0.25, -0.2) is 17.9 Å². The van der Waals surface area contributed by atoms with Gasteiger partial charge in [-0.15, -0.1) is 0 Å². The summed E-state index contributed by atoms with van der Waals surface area (Å²) >= 11 is 0. The lowest BCUT2D eigenvalue weighted by Crippen LogP contribution is -2.14. The maximum atomic E-state index is 13.8. The van der Waals surface area contributed by atoms with Crippen LogP contribution in [0.15, 0.2) is 41.3 Å². The van der Waals surface area contributed by atoms with Crippen LogP contribution < -0.4 is 16.2 Å². The van der Waals surface area contributed by atoms with E-state index in [1.807, 2.05) is 0 Å². The molecule has 0 heterocycles. The number of anilines is 3. The predicted molar refractivity (Wildman–Crippen MR) is 76.6 cm³/mol. The largest absolute Gasteiger partial charge is 0.399 e. The van der Waals surface area contributed by atoms with Crippen LogP contribution in [0.25, 0.3) is 0 Å². The first-order chi connectivity index (χ1) is 9.27. The highest BCUT2D eigenvalue weighted by Gasteiger charge is 2.15. The van der Waals surface area contributed by atoms with E-state index >= 15 is 0 Å². The Morgan fingerprint density at radius 2 is 1.75 bits per heavy atom. The van der Waals surface area contributed by atoms with Gasteiger partial charge in [-0.3, -0.25) is 0 Å². The van der Waals surface area contributed by atoms with Crippen LogP contribution in [-0.2, 0) is 10.0 Å². The molecule has 0 atom stereocenters. The summed E-state index contributed by atoms with van der Waals surface area (Å²) in [5.41, 5.74) is 6.89. The Morgan fingerprint density at radius 3 is 2.35 bits per heavy atom. The molecule has 0 aliphatic rings. The summed E-state index contributed by atoms with van der Waals surface area (Å²) in [7, 11) is -3.96. The molecule has 0 saturated heterocycles. The highest BCUT2D eigenvalue weighted by atomic mass is 32.2. The van der Waals surface area contributed by atoms with Gasteiger partial charge in [-0.1, -0.05) is 6.07 Å². The lowest BCUT2D eigenvalue weighted by Gasteiger charge is -2.12. The standard InChI is InChI=1S/C13H14FN3O2S/c1-8-2-4-11(10(14)6-8)17-12-5-3-9(15)7-13(12)20(16,18)19/h2-7,17H,15H2,1H3,(H2,16,18,19). The average Bonchev–Trinajstić information content (AvgIpc) is 2.33. The van der Waals surface area contributed by atoms with E-state index in [4.69, 9.17) is 10.9 Å². The highest BCUT2D eigenvalue weighted by Crippen LogP contribution is 2.27. The molecule has 106 valence electrons. The average molecular weight is 295 g/mol. The number of benzene rings is 2. The molecule has 7 heteroatoms. The van der Waals surface area contributed by atoms with Crippen LogP contribution in [0, 0.1) is 12.7 Å². The van der Waals surface area contributed by atoms with Gasteiger partial charge in [0.25, 0.3) is 0 Å². The molecule has 0 spiro atoms. The maximum absolute atomic E-state index is 13.8. The maximum Gasteiger partial charge on any atom is 0.240 e. The van der Waals surface area contributed by atoms with Gasteiger partial charge in [0.15, 0.2) is 0 Å². The zero-order valence-corrected chi connectivity index (χ0v) is 11.5. The molecule has 0 fully saturated rings. The predicted octanol–water partition coefficient (Wildman–Crippen LogP) is 2.11. The molecule has 2 rings (SSSR count). The molecular formula is C13H14FN3O2S. The van der Waals surface area contributed by atoms with Crippen molar-refractivity contribution < 1.29 is 12.8 Å². The molecule has 2 aromatic rings. The van der Waals surface area contributed by atoms with E-state index in [1.54, 1.807) is 13.0 Å². The fraction of sp³-hybridized carbons (Fsp3) is 0.0769. The number of hydrogen-bond donors (Lipinski definition) is 3. The summed E-state index contributed by atoms with van der Waals surface area (Å²) in [6.07, 6.45) is 0. The van der Waals surface area contributed by atoms with E-state index in [0.717, 1.165) is 5.56 Å². The number of primary sulfonamides is 1. The van der Waals surface area contributed by atoms with E-state index in [2.05, 4.69) is 5.32 Å². The fourth-order valence-corrected chi connectivity index (χ4v) is 2.47. The minimum Gasteiger partial charge on any atom is -0.399 e. The summed E-state index contributed by atoms with van der Waals surface area (Å²) in [6.45, 7) is 1.76. The second-order valence-corrected chi connectivity index (χ2v) is 5.94. The van der Waals surface area contributed by atoms with Crippen molar-refractivity contribution in [1.29, 1.82) is 0 Å². The molecule has 0 unspecified atom stereocenters. The lowest BCUT2D eigenvalue weighted by molar-refractivity contribution is 0.598. The van der Waals surface area contributed by atoms with Crippen molar-refractivity contribution in [2.24, 2.45) is 5.14 Å². The van der Waals surface area contributed by atoms with Gasteiger partial charge >= 0.3 is 0 Å². The lowest BCUT2D eigenvalue weighted by atomic mass is 10.2. The van der Waals surface area contributed by atoms with E-state index in [1.165, 1.54) is 30.3 Å². The molecule has 0 amide bonds. The first-order valence-electron chi connectivity index (χ1n) is 5.73. The van der Waals surface area contributed by atoms with Crippen molar-refractivity contribution in [1.82, 2.24) is 0 Å². The Balaban J connectivity index is 2.49. The molecule has 0 saturated carbocycles. The van der Waals surface area contributed by atoms with Crippen LogP contribution in [0.1, 0.15) is 5.56 Å². The number of hydrogen-bond acceptors (Lipinski definition) is 4.